The first-order chi connectivity index (χ1) is 10.3. The van der Waals surface area contributed by atoms with Crippen LogP contribution in [0.4, 0.5) is 0 Å². The molecule has 0 bridgehead atoms. The normalized spacial score (nSPS) is 12.3. The van der Waals surface area contributed by atoms with Crippen molar-refractivity contribution in [2.45, 2.75) is 16.5 Å². The van der Waals surface area contributed by atoms with Gasteiger partial charge in [0.25, 0.3) is 10.1 Å². The SMILES string of the molecule is O=CC(C=O)N=NC(C=O)(C=O)c1ccc(S(=O)(=O)O)cc1. The molecule has 9 nitrogen and oxygen atoms in total. The minimum absolute atomic E-state index is 0.0517. The van der Waals surface area contributed by atoms with Crippen LogP contribution in [0, 0.1) is 0 Å². The number of rotatable bonds is 8. The number of benzene rings is 1. The van der Waals surface area contributed by atoms with E-state index in [0.717, 1.165) is 24.3 Å². The fourth-order valence-electron chi connectivity index (χ4n) is 1.41. The Morgan fingerprint density at radius 1 is 1.00 bits per heavy atom. The molecule has 10 heteroatoms. The van der Waals surface area contributed by atoms with Gasteiger partial charge in [0.15, 0.2) is 31.2 Å². The largest absolute Gasteiger partial charge is 0.300 e. The highest BCUT2D eigenvalue weighted by atomic mass is 32.2. The maximum Gasteiger partial charge on any atom is 0.294 e. The molecular weight excluding hydrogens is 316 g/mol. The molecule has 1 N–H and O–H groups in total. The quantitative estimate of drug-likeness (QED) is 0.299. The van der Waals surface area contributed by atoms with Gasteiger partial charge in [-0.25, -0.2) is 0 Å². The van der Waals surface area contributed by atoms with E-state index in [1.807, 2.05) is 0 Å². The van der Waals surface area contributed by atoms with Crippen molar-refractivity contribution in [2.24, 2.45) is 10.2 Å². The Balaban J connectivity index is 3.31. The van der Waals surface area contributed by atoms with Gasteiger partial charge in [-0.1, -0.05) is 12.1 Å². The van der Waals surface area contributed by atoms with Crippen molar-refractivity contribution in [3.63, 3.8) is 0 Å². The van der Waals surface area contributed by atoms with Crippen LogP contribution in [0.15, 0.2) is 39.4 Å². The Kier molecular flexibility index (Phi) is 5.49. The second-order valence-corrected chi connectivity index (χ2v) is 5.46. The summed E-state index contributed by atoms with van der Waals surface area (Å²) < 4.78 is 30.7. The zero-order valence-corrected chi connectivity index (χ0v) is 11.7. The van der Waals surface area contributed by atoms with Crippen LogP contribution in [0.1, 0.15) is 5.56 Å². The second-order valence-electron chi connectivity index (χ2n) is 4.04. The zero-order valence-electron chi connectivity index (χ0n) is 10.9. The molecule has 0 heterocycles. The molecule has 0 amide bonds. The Morgan fingerprint density at radius 2 is 1.50 bits per heavy atom. The molecule has 116 valence electrons. The van der Waals surface area contributed by atoms with E-state index in [4.69, 9.17) is 4.55 Å². The fourth-order valence-corrected chi connectivity index (χ4v) is 1.89. The number of hydrogen-bond donors (Lipinski definition) is 1. The molecule has 0 atom stereocenters. The van der Waals surface area contributed by atoms with Crippen molar-refractivity contribution in [1.29, 1.82) is 0 Å². The number of azo groups is 1. The predicted octanol–water partition coefficient (Wildman–Crippen LogP) is -0.255. The summed E-state index contributed by atoms with van der Waals surface area (Å²) in [5, 5.41) is 6.69. The second kappa shape index (κ2) is 6.91. The third kappa shape index (κ3) is 3.74. The minimum atomic E-state index is -4.44. The van der Waals surface area contributed by atoms with Crippen LogP contribution in [-0.2, 0) is 34.8 Å². The fraction of sp³-hybridized carbons (Fsp3) is 0.167. The highest BCUT2D eigenvalue weighted by Gasteiger charge is 2.32. The van der Waals surface area contributed by atoms with E-state index in [1.165, 1.54) is 0 Å². The summed E-state index contributed by atoms with van der Waals surface area (Å²) in [5.41, 5.74) is -2.17. The Bertz CT molecular complexity index is 693. The van der Waals surface area contributed by atoms with Crippen molar-refractivity contribution in [3.8, 4) is 0 Å². The summed E-state index contributed by atoms with van der Waals surface area (Å²) in [5.74, 6) is 0. The number of nitrogens with zero attached hydrogens (tertiary/aromatic N) is 2. The lowest BCUT2D eigenvalue weighted by Gasteiger charge is -2.16. The first kappa shape index (κ1) is 17.5. The zero-order chi connectivity index (χ0) is 16.8. The van der Waals surface area contributed by atoms with Crippen LogP contribution in [0.25, 0.3) is 0 Å². The van der Waals surface area contributed by atoms with Crippen LogP contribution < -0.4 is 0 Å². The molecule has 0 aliphatic heterocycles. The lowest BCUT2D eigenvalue weighted by molar-refractivity contribution is -0.122. The summed E-state index contributed by atoms with van der Waals surface area (Å²) in [6.45, 7) is 0. The molecule has 0 unspecified atom stereocenters. The molecule has 0 spiro atoms. The topological polar surface area (TPSA) is 147 Å². The minimum Gasteiger partial charge on any atom is -0.300 e. The number of aldehydes is 4. The van der Waals surface area contributed by atoms with E-state index in [9.17, 15) is 27.6 Å². The molecule has 1 aromatic carbocycles. The summed E-state index contributed by atoms with van der Waals surface area (Å²) in [7, 11) is -4.44. The molecule has 0 fully saturated rings. The van der Waals surface area contributed by atoms with Crippen molar-refractivity contribution >= 4 is 35.3 Å². The third-order valence-corrected chi connectivity index (χ3v) is 3.48. The molecule has 0 saturated carbocycles. The molecule has 0 aliphatic rings. The highest BCUT2D eigenvalue weighted by molar-refractivity contribution is 7.85. The third-order valence-electron chi connectivity index (χ3n) is 2.61. The summed E-state index contributed by atoms with van der Waals surface area (Å²) in [4.78, 5) is 42.9. The Hall–Kier alpha value is -2.59. The first-order valence-corrected chi connectivity index (χ1v) is 7.10. The van der Waals surface area contributed by atoms with Gasteiger partial charge in [0, 0.05) is 0 Å². The molecule has 1 aromatic rings. The van der Waals surface area contributed by atoms with Crippen LogP contribution in [0.3, 0.4) is 0 Å². The average Bonchev–Trinajstić information content (AvgIpc) is 2.52. The van der Waals surface area contributed by atoms with Crippen LogP contribution in [-0.4, -0.2) is 44.2 Å². The van der Waals surface area contributed by atoms with Gasteiger partial charge in [-0.15, -0.1) is 0 Å². The first-order valence-electron chi connectivity index (χ1n) is 5.66. The Morgan fingerprint density at radius 3 is 1.86 bits per heavy atom. The summed E-state index contributed by atoms with van der Waals surface area (Å²) in [6.07, 6.45) is 0.577. The van der Waals surface area contributed by atoms with Crippen LogP contribution in [0.2, 0.25) is 0 Å². The monoisotopic (exact) mass is 326 g/mol. The average molecular weight is 326 g/mol. The van der Waals surface area contributed by atoms with E-state index in [0.29, 0.717) is 0 Å². The van der Waals surface area contributed by atoms with Gasteiger partial charge in [0.05, 0.1) is 4.90 Å². The lowest BCUT2D eigenvalue weighted by atomic mass is 9.94. The number of hydrogen-bond acceptors (Lipinski definition) is 8. The lowest BCUT2D eigenvalue weighted by Crippen LogP contribution is -2.28. The molecule has 0 radical (unpaired) electrons. The standard InChI is InChI=1S/C12H10N2O7S/c15-5-10(6-16)13-14-12(7-17,8-18)9-1-3-11(4-2-9)22(19,20)21/h1-8,10H,(H,19,20,21). The smallest absolute Gasteiger partial charge is 0.294 e. The maximum atomic E-state index is 11.2. The van der Waals surface area contributed by atoms with Crippen LogP contribution in [0.5, 0.6) is 0 Å². The molecule has 0 aromatic heterocycles. The van der Waals surface area contributed by atoms with Gasteiger partial charge >= 0.3 is 0 Å². The van der Waals surface area contributed by atoms with Gasteiger partial charge in [-0.05, 0) is 17.7 Å². The number of carbonyl (C=O) groups is 4. The van der Waals surface area contributed by atoms with E-state index < -0.39 is 26.6 Å². The Labute approximate surface area is 124 Å². The number of carbonyl (C=O) groups excluding carboxylic acids is 4. The van der Waals surface area contributed by atoms with Gasteiger partial charge in [-0.2, -0.15) is 18.6 Å². The van der Waals surface area contributed by atoms with Crippen molar-refractivity contribution in [2.75, 3.05) is 0 Å². The predicted molar refractivity (Wildman–Crippen MR) is 70.8 cm³/mol. The molecule has 0 saturated heterocycles. The van der Waals surface area contributed by atoms with E-state index >= 15 is 0 Å². The van der Waals surface area contributed by atoms with Crippen molar-refractivity contribution < 1.29 is 32.1 Å². The van der Waals surface area contributed by atoms with Gasteiger partial charge in [-0.3, -0.25) is 14.1 Å². The molecule has 22 heavy (non-hydrogen) atoms. The van der Waals surface area contributed by atoms with E-state index in [1.54, 1.807) is 0 Å². The van der Waals surface area contributed by atoms with E-state index in [2.05, 4.69) is 10.2 Å². The van der Waals surface area contributed by atoms with Crippen LogP contribution >= 0.6 is 0 Å². The van der Waals surface area contributed by atoms with Crippen molar-refractivity contribution in [3.05, 3.63) is 29.8 Å². The van der Waals surface area contributed by atoms with Gasteiger partial charge < -0.3 is 9.59 Å². The van der Waals surface area contributed by atoms with Crippen molar-refractivity contribution in [1.82, 2.24) is 0 Å². The maximum absolute atomic E-state index is 11.2. The highest BCUT2D eigenvalue weighted by Crippen LogP contribution is 2.24. The summed E-state index contributed by atoms with van der Waals surface area (Å²) in [6, 6.07) is 2.60. The molecular formula is C12H10N2O7S. The van der Waals surface area contributed by atoms with E-state index in [-0.39, 0.29) is 30.7 Å². The van der Waals surface area contributed by atoms with Gasteiger partial charge in [0.1, 0.15) is 0 Å². The molecule has 0 aliphatic carbocycles. The summed E-state index contributed by atoms with van der Waals surface area (Å²) >= 11 is 0. The van der Waals surface area contributed by atoms with Gasteiger partial charge in [0.2, 0.25) is 5.54 Å². The molecule has 1 rings (SSSR count).